The number of amides is 1. The number of carbonyl (C=O) groups excluding carboxylic acids is 1. The van der Waals surface area contributed by atoms with Crippen molar-refractivity contribution < 1.29 is 199 Å². The van der Waals surface area contributed by atoms with E-state index >= 15 is 0 Å². The number of phosphoric acid groups is 3. The number of ether oxygens (including phenoxy) is 2. The molecule has 5 heterocycles. The van der Waals surface area contributed by atoms with Crippen LogP contribution in [0.3, 0.4) is 0 Å². The van der Waals surface area contributed by atoms with Gasteiger partial charge in [-0.3, -0.25) is 18.5 Å². The number of allylic oxidation sites excluding steroid dienone is 1. The van der Waals surface area contributed by atoms with Crippen molar-refractivity contribution in [2.75, 3.05) is 18.9 Å². The zero-order valence-corrected chi connectivity index (χ0v) is 38.6. The van der Waals surface area contributed by atoms with Crippen LogP contribution in [-0.2, 0) is 45.8 Å². The molecule has 0 aliphatic carbocycles. The summed E-state index contributed by atoms with van der Waals surface area (Å²) in [4.78, 5) is 71.8. The van der Waals surface area contributed by atoms with E-state index in [1.165, 1.54) is 23.4 Å². The molecule has 0 aromatic carbocycles. The number of anilines is 1. The predicted octanol–water partition coefficient (Wildman–Crippen LogP) is -17.1. The number of primary amides is 1. The summed E-state index contributed by atoms with van der Waals surface area (Å²) in [5.41, 5.74) is 11.1. The van der Waals surface area contributed by atoms with Crippen LogP contribution in [0.15, 0.2) is 36.7 Å². The van der Waals surface area contributed by atoms with Crippen LogP contribution in [0, 0.1) is 0 Å². The first-order chi connectivity index (χ1) is 22.4. The number of nitrogens with zero attached hydrogens (tertiary/aromatic N) is 5. The SMILES string of the molecule is NC(=O)C1=CN(C2OC(COP(=O)([O-])OP(=O)([O-])OCC3OC(n4cnc5c(N)ncnc54)C(OP(=O)([O-])[O-])C3O)C(O)C2O)C=CC1.[Na+].[Na+].[Na+].[Na+]. The van der Waals surface area contributed by atoms with Crippen LogP contribution in [0.25, 0.3) is 11.2 Å². The number of aliphatic hydroxyl groups is 3. The third-order valence-electron chi connectivity index (χ3n) is 7.09. The minimum atomic E-state index is -5.86. The molecule has 2 saturated heterocycles. The van der Waals surface area contributed by atoms with Crippen LogP contribution in [-0.4, -0.2) is 102 Å². The minimum absolute atomic E-state index is 0. The standard InChI is InChI=1S/C21H30N7O17P3.4Na/c22-17-12-19(25-7-24-17)28(8-26-12)21-16(44-46(33,34)35)14(30)11(43-21)6-41-48(38,39)45-47(36,37)40-5-10-13(29)15(31)20(42-10)27-3-1-2-9(4-27)18(23)32;;;;/h1,3-4,7-8,10-11,13-16,20-21,29-31H,2,5-6H2,(H2,23,32)(H,36,37)(H,38,39)(H2,22,24,25)(H2,33,34,35);;;;/q;4*+1/p-4. The molecule has 31 heteroatoms. The number of carbonyl (C=O) groups is 1. The van der Waals surface area contributed by atoms with Crippen molar-refractivity contribution in [2.24, 2.45) is 5.73 Å². The van der Waals surface area contributed by atoms with Crippen molar-refractivity contribution in [1.29, 1.82) is 0 Å². The Bertz CT molecular complexity index is 1760. The monoisotopic (exact) mass is 833 g/mol. The number of rotatable bonds is 13. The molecule has 24 nitrogen and oxygen atoms in total. The summed E-state index contributed by atoms with van der Waals surface area (Å²) in [5, 5.41) is 31.4. The molecular formula is C21H26N7Na4O17P3. The van der Waals surface area contributed by atoms with Crippen molar-refractivity contribution in [3.8, 4) is 0 Å². The number of phosphoric ester groups is 3. The number of imidazole rings is 1. The van der Waals surface area contributed by atoms with Crippen LogP contribution in [0.1, 0.15) is 12.6 Å². The van der Waals surface area contributed by atoms with Crippen molar-refractivity contribution in [2.45, 2.75) is 55.5 Å². The maximum Gasteiger partial charge on any atom is 1.00 e. The van der Waals surface area contributed by atoms with E-state index in [1.54, 1.807) is 0 Å². The predicted molar refractivity (Wildman–Crippen MR) is 144 cm³/mol. The fraction of sp³-hybridized carbons (Fsp3) is 0.524. The Morgan fingerprint density at radius 1 is 0.904 bits per heavy atom. The van der Waals surface area contributed by atoms with E-state index in [2.05, 4.69) is 32.8 Å². The van der Waals surface area contributed by atoms with E-state index in [0.717, 1.165) is 17.2 Å². The maximum absolute atomic E-state index is 12.4. The van der Waals surface area contributed by atoms with Gasteiger partial charge in [-0.15, -0.1) is 0 Å². The van der Waals surface area contributed by atoms with Crippen LogP contribution < -0.4 is 149 Å². The van der Waals surface area contributed by atoms with Gasteiger partial charge in [-0.2, -0.15) is 0 Å². The Morgan fingerprint density at radius 2 is 1.48 bits per heavy atom. The quantitative estimate of drug-likeness (QED) is 0.0924. The second-order valence-corrected chi connectivity index (χ2v) is 14.4. The summed E-state index contributed by atoms with van der Waals surface area (Å²) in [5.74, 6) is -0.849. The number of nitrogens with two attached hydrogens (primary N) is 2. The fourth-order valence-electron chi connectivity index (χ4n) is 4.91. The van der Waals surface area contributed by atoms with Gasteiger partial charge in [-0.25, -0.2) is 19.3 Å². The third kappa shape index (κ3) is 12.6. The third-order valence-corrected chi connectivity index (χ3v) is 10.1. The Kier molecular flexibility index (Phi) is 20.5. The zero-order chi connectivity index (χ0) is 35.2. The van der Waals surface area contributed by atoms with Gasteiger partial charge in [-0.1, -0.05) is 6.08 Å². The topological polar surface area (TPSA) is 375 Å². The Hall–Kier alpha value is 1.27. The molecule has 0 bridgehead atoms. The van der Waals surface area contributed by atoms with Gasteiger partial charge in [0.2, 0.25) is 5.91 Å². The first kappa shape index (κ1) is 51.3. The van der Waals surface area contributed by atoms with Crippen LogP contribution >= 0.6 is 23.5 Å². The molecule has 10 unspecified atom stereocenters. The molecular weight excluding hydrogens is 807 g/mol. The number of aromatic nitrogens is 4. The van der Waals surface area contributed by atoms with E-state index in [-0.39, 0.29) is 147 Å². The molecule has 0 radical (unpaired) electrons. The van der Waals surface area contributed by atoms with Gasteiger partial charge in [0.15, 0.2) is 23.9 Å². The van der Waals surface area contributed by atoms with E-state index in [1.807, 2.05) is 0 Å². The van der Waals surface area contributed by atoms with Crippen molar-refractivity contribution in [3.63, 3.8) is 0 Å². The minimum Gasteiger partial charge on any atom is -0.790 e. The molecule has 2 aromatic heterocycles. The number of nitrogen functional groups attached to an aromatic ring is 1. The second kappa shape index (κ2) is 20.8. The average Bonchev–Trinajstić information content (AvgIpc) is 3.64. The normalized spacial score (nSPS) is 29.4. The Balaban J connectivity index is 0.00000338. The summed E-state index contributed by atoms with van der Waals surface area (Å²) < 4.78 is 65.6. The first-order valence-corrected chi connectivity index (χ1v) is 17.8. The van der Waals surface area contributed by atoms with Gasteiger partial charge < -0.3 is 78.9 Å². The zero-order valence-electron chi connectivity index (χ0n) is 27.9. The first-order valence-electron chi connectivity index (χ1n) is 13.4. The number of hydrogen-bond acceptors (Lipinski definition) is 22. The van der Waals surface area contributed by atoms with Crippen LogP contribution in [0.5, 0.6) is 0 Å². The summed E-state index contributed by atoms with van der Waals surface area (Å²) >= 11 is 0. The van der Waals surface area contributed by atoms with E-state index in [0.29, 0.717) is 0 Å². The van der Waals surface area contributed by atoms with E-state index in [4.69, 9.17) is 20.9 Å². The Labute approximate surface area is 382 Å². The van der Waals surface area contributed by atoms with Gasteiger partial charge in [-0.05, 0) is 6.42 Å². The molecule has 0 spiro atoms. The molecule has 52 heavy (non-hydrogen) atoms. The fourth-order valence-corrected chi connectivity index (χ4v) is 7.45. The summed E-state index contributed by atoms with van der Waals surface area (Å²) in [6.07, 6.45) is -7.38. The second-order valence-electron chi connectivity index (χ2n) is 10.3. The molecule has 7 N–H and O–H groups in total. The van der Waals surface area contributed by atoms with E-state index in [9.17, 15) is 53.4 Å². The maximum atomic E-state index is 12.4. The number of hydrogen-bond donors (Lipinski definition) is 5. The van der Waals surface area contributed by atoms with Gasteiger partial charge in [0, 0.05) is 18.0 Å². The van der Waals surface area contributed by atoms with Gasteiger partial charge >= 0.3 is 118 Å². The molecule has 2 aromatic rings. The van der Waals surface area contributed by atoms with E-state index < -0.39 is 91.7 Å². The molecule has 3 aliphatic heterocycles. The molecule has 1 amide bonds. The van der Waals surface area contributed by atoms with Crippen molar-refractivity contribution in [1.82, 2.24) is 24.4 Å². The largest absolute Gasteiger partial charge is 1.00 e. The van der Waals surface area contributed by atoms with Crippen LogP contribution in [0.4, 0.5) is 5.82 Å². The van der Waals surface area contributed by atoms with Gasteiger partial charge in [0.25, 0.3) is 15.6 Å². The summed E-state index contributed by atoms with van der Waals surface area (Å²) in [6, 6.07) is 0. The molecule has 2 fully saturated rings. The Morgan fingerprint density at radius 3 is 2.06 bits per heavy atom. The van der Waals surface area contributed by atoms with Gasteiger partial charge in [0.05, 0.1) is 27.4 Å². The average molecular weight is 833 g/mol. The molecule has 5 rings (SSSR count). The number of aliphatic hydroxyl groups excluding tert-OH is 3. The molecule has 266 valence electrons. The smallest absolute Gasteiger partial charge is 0.790 e. The van der Waals surface area contributed by atoms with Gasteiger partial charge in [0.1, 0.15) is 48.5 Å². The number of fused-ring (bicyclic) bond motifs is 1. The summed E-state index contributed by atoms with van der Waals surface area (Å²) in [7, 11) is -17.4. The summed E-state index contributed by atoms with van der Waals surface area (Å²) in [6.45, 7) is -2.26. The van der Waals surface area contributed by atoms with Crippen molar-refractivity contribution >= 4 is 46.4 Å². The molecule has 3 aliphatic rings. The molecule has 10 atom stereocenters. The van der Waals surface area contributed by atoms with Crippen molar-refractivity contribution in [3.05, 3.63) is 36.7 Å². The molecule has 0 saturated carbocycles. The van der Waals surface area contributed by atoms with Crippen LogP contribution in [0.2, 0.25) is 0 Å².